The van der Waals surface area contributed by atoms with Gasteiger partial charge in [0.25, 0.3) is 0 Å². The number of anilines is 1. The average molecular weight is 403 g/mol. The lowest BCUT2D eigenvalue weighted by Gasteiger charge is -2.39. The first-order chi connectivity index (χ1) is 14.2. The molecule has 1 aromatic rings. The van der Waals surface area contributed by atoms with Crippen LogP contribution in [0.1, 0.15) is 32.1 Å². The van der Waals surface area contributed by atoms with Crippen molar-refractivity contribution in [3.8, 4) is 11.5 Å². The summed E-state index contributed by atoms with van der Waals surface area (Å²) in [6.45, 7) is 3.18. The lowest BCUT2D eigenvalue weighted by Crippen LogP contribution is -2.52. The molecule has 29 heavy (non-hydrogen) atoms. The topological polar surface area (TPSA) is 89.1 Å². The Morgan fingerprint density at radius 3 is 2.76 bits per heavy atom. The lowest BCUT2D eigenvalue weighted by molar-refractivity contribution is -0.128. The van der Waals surface area contributed by atoms with Gasteiger partial charge in [0, 0.05) is 37.5 Å². The Hall–Kier alpha value is -2.48. The molecule has 0 aromatic heterocycles. The number of rotatable bonds is 1. The number of hydrogen-bond donors (Lipinski definition) is 2. The highest BCUT2D eigenvalue weighted by molar-refractivity contribution is 5.90. The van der Waals surface area contributed by atoms with Gasteiger partial charge in [-0.05, 0) is 31.4 Å². The van der Waals surface area contributed by atoms with Crippen molar-refractivity contribution >= 4 is 17.6 Å². The molecule has 1 saturated heterocycles. The van der Waals surface area contributed by atoms with Gasteiger partial charge in [0.05, 0.1) is 12.5 Å². The van der Waals surface area contributed by atoms with Crippen molar-refractivity contribution in [1.29, 1.82) is 0 Å². The summed E-state index contributed by atoms with van der Waals surface area (Å²) in [5.74, 6) is 1.17. The minimum absolute atomic E-state index is 0.0253. The molecule has 3 amide bonds. The van der Waals surface area contributed by atoms with Crippen molar-refractivity contribution in [2.24, 2.45) is 5.92 Å². The van der Waals surface area contributed by atoms with Crippen molar-refractivity contribution < 1.29 is 23.8 Å². The number of carbonyl (C=O) groups is 2. The highest BCUT2D eigenvalue weighted by Gasteiger charge is 2.37. The average Bonchev–Trinajstić information content (AvgIpc) is 2.78. The van der Waals surface area contributed by atoms with Gasteiger partial charge in [-0.15, -0.1) is 0 Å². The van der Waals surface area contributed by atoms with E-state index in [1.54, 1.807) is 6.07 Å². The van der Waals surface area contributed by atoms with Crippen LogP contribution in [0.2, 0.25) is 0 Å². The van der Waals surface area contributed by atoms with E-state index in [0.717, 1.165) is 32.1 Å². The summed E-state index contributed by atoms with van der Waals surface area (Å²) in [6, 6.07) is 5.12. The van der Waals surface area contributed by atoms with E-state index >= 15 is 0 Å². The standard InChI is InChI=1S/C21H29N3O5/c25-20-16-4-1-2-5-17(16)24(9-3-10-27-11-8-22-20)21(26)23-15-6-7-18-19(14-15)29-13-12-28-18/h6-7,14,16-17H,1-5,8-13H2,(H,22,25)(H,23,26)/t16-,17+/m1/s1. The molecular formula is C21H29N3O5. The quantitative estimate of drug-likeness (QED) is 0.752. The van der Waals surface area contributed by atoms with E-state index in [0.29, 0.717) is 56.7 Å². The van der Waals surface area contributed by atoms with E-state index in [2.05, 4.69) is 10.6 Å². The summed E-state index contributed by atoms with van der Waals surface area (Å²) in [4.78, 5) is 27.8. The van der Waals surface area contributed by atoms with Gasteiger partial charge in [-0.1, -0.05) is 12.8 Å². The summed E-state index contributed by atoms with van der Waals surface area (Å²) in [5.41, 5.74) is 0.654. The second kappa shape index (κ2) is 9.35. The minimum atomic E-state index is -0.189. The molecule has 158 valence electrons. The maximum Gasteiger partial charge on any atom is 0.322 e. The zero-order valence-corrected chi connectivity index (χ0v) is 16.7. The second-order valence-corrected chi connectivity index (χ2v) is 7.70. The van der Waals surface area contributed by atoms with Gasteiger partial charge in [0.2, 0.25) is 5.91 Å². The van der Waals surface area contributed by atoms with Crippen molar-refractivity contribution in [1.82, 2.24) is 10.2 Å². The minimum Gasteiger partial charge on any atom is -0.486 e. The number of ether oxygens (including phenoxy) is 3. The summed E-state index contributed by atoms with van der Waals surface area (Å²) >= 11 is 0. The fourth-order valence-corrected chi connectivity index (χ4v) is 4.34. The number of urea groups is 1. The Morgan fingerprint density at radius 2 is 1.86 bits per heavy atom. The van der Waals surface area contributed by atoms with Crippen LogP contribution in [0, 0.1) is 5.92 Å². The Bertz CT molecular complexity index is 741. The van der Waals surface area contributed by atoms with Crippen LogP contribution >= 0.6 is 0 Å². The molecule has 2 N–H and O–H groups in total. The van der Waals surface area contributed by atoms with E-state index in [4.69, 9.17) is 14.2 Å². The molecule has 2 aliphatic heterocycles. The lowest BCUT2D eigenvalue weighted by atomic mass is 9.82. The first-order valence-corrected chi connectivity index (χ1v) is 10.5. The van der Waals surface area contributed by atoms with Gasteiger partial charge in [-0.2, -0.15) is 0 Å². The Kier molecular flexibility index (Phi) is 6.39. The van der Waals surface area contributed by atoms with Gasteiger partial charge in [-0.25, -0.2) is 4.79 Å². The van der Waals surface area contributed by atoms with Crippen LogP contribution in [0.5, 0.6) is 11.5 Å². The van der Waals surface area contributed by atoms with Gasteiger partial charge in [0.1, 0.15) is 13.2 Å². The molecule has 1 aliphatic carbocycles. The fourth-order valence-electron chi connectivity index (χ4n) is 4.34. The summed E-state index contributed by atoms with van der Waals surface area (Å²) in [5, 5.41) is 5.96. The van der Waals surface area contributed by atoms with Gasteiger partial charge in [-0.3, -0.25) is 4.79 Å². The third kappa shape index (κ3) is 4.75. The van der Waals surface area contributed by atoms with E-state index in [-0.39, 0.29) is 23.9 Å². The normalized spacial score (nSPS) is 25.2. The zero-order chi connectivity index (χ0) is 20.1. The number of benzene rings is 1. The highest BCUT2D eigenvalue weighted by atomic mass is 16.6. The third-order valence-corrected chi connectivity index (χ3v) is 5.75. The second-order valence-electron chi connectivity index (χ2n) is 7.70. The molecule has 0 spiro atoms. The van der Waals surface area contributed by atoms with Crippen LogP contribution in [0.25, 0.3) is 0 Å². The maximum atomic E-state index is 13.2. The van der Waals surface area contributed by atoms with Crippen molar-refractivity contribution in [3.05, 3.63) is 18.2 Å². The van der Waals surface area contributed by atoms with Crippen LogP contribution in [0.3, 0.4) is 0 Å². The molecular weight excluding hydrogens is 374 g/mol. The van der Waals surface area contributed by atoms with E-state index in [9.17, 15) is 9.59 Å². The summed E-state index contributed by atoms with van der Waals surface area (Å²) in [7, 11) is 0. The van der Waals surface area contributed by atoms with Crippen molar-refractivity contribution in [2.45, 2.75) is 38.1 Å². The number of nitrogens with zero attached hydrogens (tertiary/aromatic N) is 1. The number of amides is 3. The first-order valence-electron chi connectivity index (χ1n) is 10.5. The maximum absolute atomic E-state index is 13.2. The summed E-state index contributed by atoms with van der Waals surface area (Å²) in [6.07, 6.45) is 4.44. The van der Waals surface area contributed by atoms with E-state index in [1.807, 2.05) is 17.0 Å². The SMILES string of the molecule is O=C1NCCOCCCN(C(=O)Nc2ccc3c(c2)OCCO3)[C@H]2CCCC[C@@H]12. The van der Waals surface area contributed by atoms with Crippen LogP contribution in [-0.2, 0) is 9.53 Å². The molecule has 2 fully saturated rings. The van der Waals surface area contributed by atoms with Gasteiger partial charge in [0.15, 0.2) is 11.5 Å². The molecule has 2 atom stereocenters. The molecule has 8 nitrogen and oxygen atoms in total. The predicted octanol–water partition coefficient (Wildman–Crippen LogP) is 2.39. The van der Waals surface area contributed by atoms with Crippen molar-refractivity contribution in [3.63, 3.8) is 0 Å². The molecule has 2 heterocycles. The first kappa shape index (κ1) is 19.8. The monoisotopic (exact) mass is 403 g/mol. The smallest absolute Gasteiger partial charge is 0.322 e. The molecule has 4 rings (SSSR count). The van der Waals surface area contributed by atoms with Crippen LogP contribution in [0.15, 0.2) is 18.2 Å². The molecule has 0 bridgehead atoms. The number of carbonyl (C=O) groups excluding carboxylic acids is 2. The van der Waals surface area contributed by atoms with E-state index < -0.39 is 0 Å². The fraction of sp³-hybridized carbons (Fsp3) is 0.619. The Morgan fingerprint density at radius 1 is 1.03 bits per heavy atom. The van der Waals surface area contributed by atoms with Crippen LogP contribution < -0.4 is 20.1 Å². The molecule has 0 unspecified atom stereocenters. The number of fused-ring (bicyclic) bond motifs is 2. The molecule has 3 aliphatic rings. The molecule has 1 saturated carbocycles. The van der Waals surface area contributed by atoms with Gasteiger partial charge >= 0.3 is 6.03 Å². The van der Waals surface area contributed by atoms with Gasteiger partial charge < -0.3 is 29.7 Å². The van der Waals surface area contributed by atoms with Crippen LogP contribution in [-0.4, -0.2) is 62.4 Å². The van der Waals surface area contributed by atoms with E-state index in [1.165, 1.54) is 0 Å². The number of hydrogen-bond acceptors (Lipinski definition) is 5. The van der Waals surface area contributed by atoms with Crippen molar-refractivity contribution in [2.75, 3.05) is 44.8 Å². The molecule has 0 radical (unpaired) electrons. The zero-order valence-electron chi connectivity index (χ0n) is 16.7. The Labute approximate surface area is 170 Å². The predicted molar refractivity (Wildman–Crippen MR) is 107 cm³/mol. The highest BCUT2D eigenvalue weighted by Crippen LogP contribution is 2.33. The number of nitrogens with one attached hydrogen (secondary N) is 2. The molecule has 8 heteroatoms. The largest absolute Gasteiger partial charge is 0.486 e. The summed E-state index contributed by atoms with van der Waals surface area (Å²) < 4.78 is 16.7. The Balaban J connectivity index is 1.52. The molecule has 1 aromatic carbocycles. The third-order valence-electron chi connectivity index (χ3n) is 5.75. The van der Waals surface area contributed by atoms with Crippen LogP contribution in [0.4, 0.5) is 10.5 Å².